The largest absolute Gasteiger partial charge is 0.484 e. The normalized spacial score (nSPS) is 11.6. The van der Waals surface area contributed by atoms with Gasteiger partial charge in [-0.2, -0.15) is 22.8 Å². The molecule has 0 unspecified atom stereocenters. The number of hydrogen-bond acceptors (Lipinski definition) is 6. The number of hydrogen-bond donors (Lipinski definition) is 1. The third-order valence-electron chi connectivity index (χ3n) is 2.84. The molecule has 2 heterocycles. The molecule has 0 atom stereocenters. The van der Waals surface area contributed by atoms with Crippen LogP contribution in [0.1, 0.15) is 10.8 Å². The van der Waals surface area contributed by atoms with Gasteiger partial charge in [-0.25, -0.2) is 0 Å². The summed E-state index contributed by atoms with van der Waals surface area (Å²) >= 11 is 0.913. The second kappa shape index (κ2) is 6.43. The van der Waals surface area contributed by atoms with Crippen LogP contribution in [-0.2, 0) is 17.5 Å². The monoisotopic (exact) mass is 357 g/mol. The van der Waals surface area contributed by atoms with Crippen molar-refractivity contribution in [3.8, 4) is 5.75 Å². The molecule has 0 fully saturated rings. The van der Waals surface area contributed by atoms with Gasteiger partial charge in [0.1, 0.15) is 10.8 Å². The Labute approximate surface area is 137 Å². The Kier molecular flexibility index (Phi) is 4.34. The molecule has 0 aliphatic heterocycles. The molecule has 1 N–H and O–H groups in total. The number of benzene rings is 1. The smallest absolute Gasteiger partial charge is 0.453 e. The Hall–Kier alpha value is -2.69. The second-order valence-electron chi connectivity index (χ2n) is 4.59. The van der Waals surface area contributed by atoms with Crippen LogP contribution in [-0.4, -0.2) is 32.3 Å². The third kappa shape index (κ3) is 3.62. The minimum atomic E-state index is -4.64. The summed E-state index contributed by atoms with van der Waals surface area (Å²) in [6, 6.07) is 8.76. The van der Waals surface area contributed by atoms with E-state index in [0.29, 0.717) is 10.3 Å². The number of halogens is 3. The molecule has 0 spiro atoms. The molecule has 1 aromatic carbocycles. The number of carbonyl (C=O) groups excluding carboxylic acids is 1. The molecule has 2 aromatic heterocycles. The summed E-state index contributed by atoms with van der Waals surface area (Å²) in [6.07, 6.45) is -4.64. The van der Waals surface area contributed by atoms with E-state index in [4.69, 9.17) is 4.74 Å². The van der Waals surface area contributed by atoms with Gasteiger partial charge in [0.05, 0.1) is 6.54 Å². The summed E-state index contributed by atoms with van der Waals surface area (Å²) in [5.74, 6) is -1.07. The predicted octanol–water partition coefficient (Wildman–Crippen LogP) is 1.90. The van der Waals surface area contributed by atoms with Crippen molar-refractivity contribution in [2.45, 2.75) is 12.7 Å². The second-order valence-corrected chi connectivity index (χ2v) is 5.63. The van der Waals surface area contributed by atoms with Crippen molar-refractivity contribution in [2.75, 3.05) is 6.61 Å². The Balaban J connectivity index is 1.57. The fraction of sp³-hybridized carbons (Fsp3) is 0.231. The minimum Gasteiger partial charge on any atom is -0.484 e. The first-order valence-corrected chi connectivity index (χ1v) is 7.48. The Morgan fingerprint density at radius 1 is 1.25 bits per heavy atom. The zero-order chi connectivity index (χ0) is 17.2. The van der Waals surface area contributed by atoms with Gasteiger partial charge in [0.25, 0.3) is 11.7 Å². The highest BCUT2D eigenvalue weighted by Gasteiger charge is 2.38. The number of fused-ring (bicyclic) bond motifs is 1. The molecule has 0 bridgehead atoms. The SMILES string of the molecule is O=C(COc1ccccc1)NCc1nn2c(C(F)(F)F)nnc2s1. The molecule has 3 aromatic rings. The number of nitrogens with zero attached hydrogens (tertiary/aromatic N) is 4. The van der Waals surface area contributed by atoms with Crippen molar-refractivity contribution < 1.29 is 22.7 Å². The van der Waals surface area contributed by atoms with E-state index in [1.165, 1.54) is 0 Å². The van der Waals surface area contributed by atoms with E-state index in [9.17, 15) is 18.0 Å². The molecule has 7 nitrogen and oxygen atoms in total. The zero-order valence-electron chi connectivity index (χ0n) is 11.9. The number of para-hydroxylation sites is 1. The third-order valence-corrected chi connectivity index (χ3v) is 3.73. The van der Waals surface area contributed by atoms with Gasteiger partial charge < -0.3 is 10.1 Å². The quantitative estimate of drug-likeness (QED) is 0.754. The summed E-state index contributed by atoms with van der Waals surface area (Å²) in [7, 11) is 0. The van der Waals surface area contributed by atoms with E-state index < -0.39 is 17.9 Å². The summed E-state index contributed by atoms with van der Waals surface area (Å²) < 4.78 is 43.9. The van der Waals surface area contributed by atoms with Crippen molar-refractivity contribution in [1.29, 1.82) is 0 Å². The lowest BCUT2D eigenvalue weighted by atomic mass is 10.3. The standard InChI is InChI=1S/C13H10F3N5O2S/c14-13(15,16)11-18-19-12-21(11)20-10(24-12)6-17-9(22)7-23-8-4-2-1-3-5-8/h1-5H,6-7H2,(H,17,22). The van der Waals surface area contributed by atoms with Gasteiger partial charge in [0, 0.05) is 0 Å². The molecule has 0 aliphatic carbocycles. The number of alkyl halides is 3. The van der Waals surface area contributed by atoms with E-state index >= 15 is 0 Å². The van der Waals surface area contributed by atoms with Crippen molar-refractivity contribution in [3.05, 3.63) is 41.2 Å². The number of nitrogens with one attached hydrogen (secondary N) is 1. The van der Waals surface area contributed by atoms with E-state index in [-0.39, 0.29) is 23.1 Å². The summed E-state index contributed by atoms with van der Waals surface area (Å²) in [6.45, 7) is -0.232. The van der Waals surface area contributed by atoms with Gasteiger partial charge in [-0.1, -0.05) is 29.5 Å². The first-order chi connectivity index (χ1) is 11.4. The molecule has 24 heavy (non-hydrogen) atoms. The lowest BCUT2D eigenvalue weighted by molar-refractivity contribution is -0.146. The molecular weight excluding hydrogens is 347 g/mol. The molecular formula is C13H10F3N5O2S. The molecule has 11 heteroatoms. The van der Waals surface area contributed by atoms with Crippen LogP contribution in [0.15, 0.2) is 30.3 Å². The highest BCUT2D eigenvalue weighted by atomic mass is 32.1. The fourth-order valence-electron chi connectivity index (χ4n) is 1.80. The van der Waals surface area contributed by atoms with Gasteiger partial charge in [-0.05, 0) is 12.1 Å². The predicted molar refractivity (Wildman–Crippen MR) is 77.4 cm³/mol. The number of amides is 1. The van der Waals surface area contributed by atoms with Gasteiger partial charge >= 0.3 is 6.18 Å². The lowest BCUT2D eigenvalue weighted by Crippen LogP contribution is -2.28. The van der Waals surface area contributed by atoms with Crippen LogP contribution in [0.2, 0.25) is 0 Å². The maximum Gasteiger partial charge on any atom is 0.453 e. The van der Waals surface area contributed by atoms with E-state index in [1.54, 1.807) is 24.3 Å². The zero-order valence-corrected chi connectivity index (χ0v) is 12.8. The topological polar surface area (TPSA) is 81.4 Å². The van der Waals surface area contributed by atoms with Gasteiger partial charge in [0.15, 0.2) is 6.61 Å². The van der Waals surface area contributed by atoms with Gasteiger partial charge in [-0.3, -0.25) is 4.79 Å². The maximum atomic E-state index is 12.7. The molecule has 1 amide bonds. The molecule has 0 saturated heterocycles. The summed E-state index contributed by atoms with van der Waals surface area (Å²) in [5, 5.41) is 13.0. The summed E-state index contributed by atoms with van der Waals surface area (Å²) in [5.41, 5.74) is 0. The minimum absolute atomic E-state index is 0.00658. The first-order valence-electron chi connectivity index (χ1n) is 6.66. The Morgan fingerprint density at radius 3 is 2.71 bits per heavy atom. The van der Waals surface area contributed by atoms with Crippen molar-refractivity contribution in [3.63, 3.8) is 0 Å². The van der Waals surface area contributed by atoms with Crippen LogP contribution in [0.5, 0.6) is 5.75 Å². The average molecular weight is 357 g/mol. The molecule has 0 radical (unpaired) electrons. The molecule has 3 rings (SSSR count). The van der Waals surface area contributed by atoms with Crippen LogP contribution in [0.25, 0.3) is 4.96 Å². The average Bonchev–Trinajstić information content (AvgIpc) is 3.11. The summed E-state index contributed by atoms with van der Waals surface area (Å²) in [4.78, 5) is 11.7. The van der Waals surface area contributed by atoms with Crippen molar-refractivity contribution >= 4 is 22.2 Å². The van der Waals surface area contributed by atoms with Crippen molar-refractivity contribution in [2.24, 2.45) is 0 Å². The molecule has 126 valence electrons. The van der Waals surface area contributed by atoms with E-state index in [2.05, 4.69) is 20.6 Å². The molecule has 0 saturated carbocycles. The van der Waals surface area contributed by atoms with Crippen LogP contribution in [0.4, 0.5) is 13.2 Å². The van der Waals surface area contributed by atoms with Gasteiger partial charge in [-0.15, -0.1) is 10.2 Å². The van der Waals surface area contributed by atoms with Crippen LogP contribution < -0.4 is 10.1 Å². The van der Waals surface area contributed by atoms with Crippen molar-refractivity contribution in [1.82, 2.24) is 25.1 Å². The van der Waals surface area contributed by atoms with Crippen LogP contribution in [0, 0.1) is 0 Å². The van der Waals surface area contributed by atoms with Gasteiger partial charge in [0.2, 0.25) is 4.96 Å². The number of rotatable bonds is 5. The van der Waals surface area contributed by atoms with Crippen LogP contribution >= 0.6 is 11.3 Å². The highest BCUT2D eigenvalue weighted by molar-refractivity contribution is 7.16. The highest BCUT2D eigenvalue weighted by Crippen LogP contribution is 2.28. The lowest BCUT2D eigenvalue weighted by Gasteiger charge is -2.05. The fourth-order valence-corrected chi connectivity index (χ4v) is 2.57. The van der Waals surface area contributed by atoms with E-state index in [1.807, 2.05) is 6.07 Å². The maximum absolute atomic E-state index is 12.7. The first kappa shape index (κ1) is 16.2. The number of aromatic nitrogens is 4. The molecule has 0 aliphatic rings. The Bertz CT molecular complexity index is 846. The Morgan fingerprint density at radius 2 is 2.00 bits per heavy atom. The number of ether oxygens (including phenoxy) is 1. The number of carbonyl (C=O) groups is 1. The van der Waals surface area contributed by atoms with E-state index in [0.717, 1.165) is 11.3 Å². The van der Waals surface area contributed by atoms with Crippen LogP contribution in [0.3, 0.4) is 0 Å².